The van der Waals surface area contributed by atoms with Gasteiger partial charge in [0.05, 0.1) is 5.69 Å². The lowest BCUT2D eigenvalue weighted by molar-refractivity contribution is 0.0691. The van der Waals surface area contributed by atoms with E-state index in [1.807, 2.05) is 12.1 Å². The fourth-order valence-electron chi connectivity index (χ4n) is 1.79. The van der Waals surface area contributed by atoms with Crippen LogP contribution in [0, 0.1) is 0 Å². The Morgan fingerprint density at radius 3 is 2.72 bits per heavy atom. The fourth-order valence-corrected chi connectivity index (χ4v) is 1.97. The molecular formula is C13H13ClN2O2. The van der Waals surface area contributed by atoms with Crippen molar-refractivity contribution in [3.8, 4) is 5.69 Å². The number of aromatic nitrogens is 2. The number of carboxylic acid groups (broad SMARTS) is 1. The Hall–Kier alpha value is -1.81. The van der Waals surface area contributed by atoms with Crippen molar-refractivity contribution < 1.29 is 9.90 Å². The summed E-state index contributed by atoms with van der Waals surface area (Å²) in [4.78, 5) is 14.7. The Morgan fingerprint density at radius 2 is 2.17 bits per heavy atom. The van der Waals surface area contributed by atoms with E-state index in [2.05, 4.69) is 18.8 Å². The zero-order valence-corrected chi connectivity index (χ0v) is 10.8. The smallest absolute Gasteiger partial charge is 0.356 e. The molecule has 0 bridgehead atoms. The van der Waals surface area contributed by atoms with Gasteiger partial charge in [-0.3, -0.25) is 0 Å². The Bertz CT molecular complexity index is 590. The van der Waals surface area contributed by atoms with E-state index in [1.54, 1.807) is 10.6 Å². The Kier molecular flexibility index (Phi) is 3.39. The number of benzene rings is 1. The minimum Gasteiger partial charge on any atom is -0.476 e. The summed E-state index contributed by atoms with van der Waals surface area (Å²) in [5, 5.41) is 9.54. The Labute approximate surface area is 110 Å². The standard InChI is InChI=1S/C13H13ClN2O2/c1-8(2)10-5-9(14)3-4-12(10)16-6-11(13(17)18)15-7-16/h3-8H,1-2H3,(H,17,18). The van der Waals surface area contributed by atoms with Crippen molar-refractivity contribution in [1.29, 1.82) is 0 Å². The number of rotatable bonds is 3. The normalized spacial score (nSPS) is 10.9. The third kappa shape index (κ3) is 2.38. The molecule has 1 aromatic heterocycles. The van der Waals surface area contributed by atoms with E-state index in [0.29, 0.717) is 5.02 Å². The molecule has 94 valence electrons. The van der Waals surface area contributed by atoms with Gasteiger partial charge in [0, 0.05) is 11.2 Å². The van der Waals surface area contributed by atoms with Crippen LogP contribution >= 0.6 is 11.6 Å². The average Bonchev–Trinajstić information content (AvgIpc) is 2.78. The first-order valence-electron chi connectivity index (χ1n) is 5.56. The van der Waals surface area contributed by atoms with Gasteiger partial charge in [-0.15, -0.1) is 0 Å². The molecule has 5 heteroatoms. The lowest BCUT2D eigenvalue weighted by atomic mass is 10.0. The number of hydrogen-bond donors (Lipinski definition) is 1. The van der Waals surface area contributed by atoms with E-state index in [4.69, 9.17) is 16.7 Å². The first-order valence-corrected chi connectivity index (χ1v) is 5.94. The summed E-state index contributed by atoms with van der Waals surface area (Å²) in [7, 11) is 0. The van der Waals surface area contributed by atoms with Crippen molar-refractivity contribution >= 4 is 17.6 Å². The second kappa shape index (κ2) is 4.82. The second-order valence-electron chi connectivity index (χ2n) is 4.33. The van der Waals surface area contributed by atoms with E-state index in [-0.39, 0.29) is 11.6 Å². The van der Waals surface area contributed by atoms with Gasteiger partial charge < -0.3 is 9.67 Å². The Morgan fingerprint density at radius 1 is 1.44 bits per heavy atom. The molecule has 0 saturated carbocycles. The first kappa shape index (κ1) is 12.6. The number of halogens is 1. The van der Waals surface area contributed by atoms with Crippen molar-refractivity contribution in [1.82, 2.24) is 9.55 Å². The number of carbonyl (C=O) groups is 1. The highest BCUT2D eigenvalue weighted by Crippen LogP contribution is 2.26. The SMILES string of the molecule is CC(C)c1cc(Cl)ccc1-n1cnc(C(=O)O)c1. The van der Waals surface area contributed by atoms with Crippen molar-refractivity contribution in [2.45, 2.75) is 19.8 Å². The van der Waals surface area contributed by atoms with Gasteiger partial charge in [-0.1, -0.05) is 25.4 Å². The summed E-state index contributed by atoms with van der Waals surface area (Å²) >= 11 is 5.99. The molecule has 18 heavy (non-hydrogen) atoms. The third-order valence-electron chi connectivity index (χ3n) is 2.69. The summed E-state index contributed by atoms with van der Waals surface area (Å²) in [5.74, 6) is -0.747. The molecule has 0 aliphatic heterocycles. The number of hydrogen-bond acceptors (Lipinski definition) is 2. The lowest BCUT2D eigenvalue weighted by Gasteiger charge is -2.13. The molecule has 0 saturated heterocycles. The largest absolute Gasteiger partial charge is 0.476 e. The molecule has 2 rings (SSSR count). The quantitative estimate of drug-likeness (QED) is 0.925. The topological polar surface area (TPSA) is 55.1 Å². The highest BCUT2D eigenvalue weighted by molar-refractivity contribution is 6.30. The van der Waals surface area contributed by atoms with Crippen LogP contribution in [-0.4, -0.2) is 20.6 Å². The highest BCUT2D eigenvalue weighted by Gasteiger charge is 2.12. The van der Waals surface area contributed by atoms with Crippen molar-refractivity contribution in [3.05, 3.63) is 47.0 Å². The predicted octanol–water partition coefficient (Wildman–Crippen LogP) is 3.35. The predicted molar refractivity (Wildman–Crippen MR) is 69.6 cm³/mol. The molecule has 2 aromatic rings. The van der Waals surface area contributed by atoms with Gasteiger partial charge in [-0.25, -0.2) is 9.78 Å². The first-order chi connectivity index (χ1) is 8.49. The molecule has 0 radical (unpaired) electrons. The maximum atomic E-state index is 10.8. The number of imidazole rings is 1. The van der Waals surface area contributed by atoms with Gasteiger partial charge in [-0.05, 0) is 29.7 Å². The molecular weight excluding hydrogens is 252 g/mol. The fraction of sp³-hybridized carbons (Fsp3) is 0.231. The molecule has 1 heterocycles. The third-order valence-corrected chi connectivity index (χ3v) is 2.93. The van der Waals surface area contributed by atoms with Gasteiger partial charge >= 0.3 is 5.97 Å². The van der Waals surface area contributed by atoms with E-state index in [0.717, 1.165) is 11.3 Å². The lowest BCUT2D eigenvalue weighted by Crippen LogP contribution is -2.00. The van der Waals surface area contributed by atoms with Crippen LogP contribution in [0.5, 0.6) is 0 Å². The van der Waals surface area contributed by atoms with Crippen LogP contribution in [0.3, 0.4) is 0 Å². The minimum absolute atomic E-state index is 0.0275. The maximum absolute atomic E-state index is 10.8. The molecule has 0 spiro atoms. The molecule has 0 unspecified atom stereocenters. The molecule has 0 aliphatic carbocycles. The van der Waals surface area contributed by atoms with Crippen LogP contribution in [0.2, 0.25) is 5.02 Å². The summed E-state index contributed by atoms with van der Waals surface area (Å²) < 4.78 is 1.70. The summed E-state index contributed by atoms with van der Waals surface area (Å²) in [6, 6.07) is 5.54. The van der Waals surface area contributed by atoms with E-state index in [9.17, 15) is 4.79 Å². The van der Waals surface area contributed by atoms with Crippen molar-refractivity contribution in [2.75, 3.05) is 0 Å². The molecule has 0 atom stereocenters. The number of aromatic carboxylic acids is 1. The monoisotopic (exact) mass is 264 g/mol. The van der Waals surface area contributed by atoms with Crippen LogP contribution < -0.4 is 0 Å². The second-order valence-corrected chi connectivity index (χ2v) is 4.77. The van der Waals surface area contributed by atoms with Crippen molar-refractivity contribution in [2.24, 2.45) is 0 Å². The summed E-state index contributed by atoms with van der Waals surface area (Å²) in [5.41, 5.74) is 1.98. The molecule has 0 aliphatic rings. The molecule has 4 nitrogen and oxygen atoms in total. The number of carboxylic acids is 1. The molecule has 0 fully saturated rings. The van der Waals surface area contributed by atoms with Gasteiger partial charge in [0.25, 0.3) is 0 Å². The molecule has 1 N–H and O–H groups in total. The minimum atomic E-state index is -1.03. The van der Waals surface area contributed by atoms with E-state index >= 15 is 0 Å². The van der Waals surface area contributed by atoms with Gasteiger partial charge in [0.2, 0.25) is 0 Å². The van der Waals surface area contributed by atoms with Crippen LogP contribution in [0.1, 0.15) is 35.8 Å². The zero-order chi connectivity index (χ0) is 13.3. The van der Waals surface area contributed by atoms with E-state index < -0.39 is 5.97 Å². The maximum Gasteiger partial charge on any atom is 0.356 e. The number of nitrogens with zero attached hydrogens (tertiary/aromatic N) is 2. The van der Waals surface area contributed by atoms with Crippen molar-refractivity contribution in [3.63, 3.8) is 0 Å². The summed E-state index contributed by atoms with van der Waals surface area (Å²) in [6.45, 7) is 4.12. The molecule has 1 aromatic carbocycles. The summed E-state index contributed by atoms with van der Waals surface area (Å²) in [6.07, 6.45) is 3.00. The van der Waals surface area contributed by atoms with Gasteiger partial charge in [0.15, 0.2) is 5.69 Å². The van der Waals surface area contributed by atoms with Crippen LogP contribution in [-0.2, 0) is 0 Å². The van der Waals surface area contributed by atoms with Crippen LogP contribution in [0.25, 0.3) is 5.69 Å². The zero-order valence-electron chi connectivity index (χ0n) is 10.1. The van der Waals surface area contributed by atoms with E-state index in [1.165, 1.54) is 12.5 Å². The molecule has 0 amide bonds. The van der Waals surface area contributed by atoms with Crippen LogP contribution in [0.4, 0.5) is 0 Å². The van der Waals surface area contributed by atoms with Gasteiger partial charge in [0.1, 0.15) is 6.33 Å². The van der Waals surface area contributed by atoms with Gasteiger partial charge in [-0.2, -0.15) is 0 Å². The average molecular weight is 265 g/mol. The Balaban J connectivity index is 2.52. The van der Waals surface area contributed by atoms with Crippen LogP contribution in [0.15, 0.2) is 30.7 Å². The highest BCUT2D eigenvalue weighted by atomic mass is 35.5.